The van der Waals surface area contributed by atoms with Gasteiger partial charge in [0.25, 0.3) is 5.69 Å². The summed E-state index contributed by atoms with van der Waals surface area (Å²) in [6, 6.07) is 43.4. The average Bonchev–Trinajstić information content (AvgIpc) is 2.88. The zero-order valence-corrected chi connectivity index (χ0v) is 18.9. The van der Waals surface area contributed by atoms with Crippen molar-refractivity contribution in [3.8, 4) is 0 Å². The van der Waals surface area contributed by atoms with E-state index in [4.69, 9.17) is 0 Å². The summed E-state index contributed by atoms with van der Waals surface area (Å²) in [6.07, 6.45) is 0.781. The van der Waals surface area contributed by atoms with E-state index >= 15 is 0 Å². The van der Waals surface area contributed by atoms with Crippen LogP contribution in [0.1, 0.15) is 5.56 Å². The van der Waals surface area contributed by atoms with Gasteiger partial charge in [-0.05, 0) is 59.5 Å². The molecule has 0 aliphatic carbocycles. The summed E-state index contributed by atoms with van der Waals surface area (Å²) in [7, 11) is -2.09. The fraction of sp³-hybridized carbons (Fsp3) is 0.0345. The van der Waals surface area contributed by atoms with Crippen LogP contribution in [0.4, 0.5) is 5.69 Å². The molecule has 33 heavy (non-hydrogen) atoms. The molecule has 0 aliphatic rings. The number of nitro groups is 1. The molecular weight excluding hydrogens is 425 g/mol. The van der Waals surface area contributed by atoms with Gasteiger partial charge in [-0.15, -0.1) is 0 Å². The van der Waals surface area contributed by atoms with E-state index < -0.39 is 7.26 Å². The van der Waals surface area contributed by atoms with Crippen LogP contribution < -0.4 is 15.9 Å². The summed E-state index contributed by atoms with van der Waals surface area (Å²) < 4.78 is 0. The largest absolute Gasteiger partial charge is 0.277 e. The zero-order valence-electron chi connectivity index (χ0n) is 18.0. The third-order valence-corrected chi connectivity index (χ3v) is 10.5. The Morgan fingerprint density at radius 1 is 0.545 bits per heavy atom. The monoisotopic (exact) mass is 448 g/mol. The molecule has 0 unspecified atom stereocenters. The van der Waals surface area contributed by atoms with Crippen LogP contribution >= 0.6 is 7.26 Å². The van der Waals surface area contributed by atoms with Crippen molar-refractivity contribution in [1.82, 2.24) is 0 Å². The average molecular weight is 448 g/mol. The molecule has 160 valence electrons. The van der Waals surface area contributed by atoms with Gasteiger partial charge in [0, 0.05) is 6.07 Å². The van der Waals surface area contributed by atoms with Crippen molar-refractivity contribution in [2.24, 2.45) is 0 Å². The Hall–Kier alpha value is -3.81. The molecule has 0 bridgehead atoms. The number of benzene rings is 5. The van der Waals surface area contributed by atoms with Gasteiger partial charge in [-0.3, -0.25) is 10.1 Å². The van der Waals surface area contributed by atoms with Crippen LogP contribution in [-0.4, -0.2) is 4.92 Å². The quantitative estimate of drug-likeness (QED) is 0.175. The SMILES string of the molecule is O=[N+]([O-])c1ccc(C[P+](c2ccccc2)(c2ccccc2)c2ccccc2)c2ccccc12. The van der Waals surface area contributed by atoms with Crippen molar-refractivity contribution in [2.45, 2.75) is 6.16 Å². The highest BCUT2D eigenvalue weighted by Gasteiger charge is 2.45. The predicted molar refractivity (Wildman–Crippen MR) is 139 cm³/mol. The Bertz CT molecular complexity index is 1310. The van der Waals surface area contributed by atoms with E-state index in [9.17, 15) is 10.1 Å². The maximum Gasteiger partial charge on any atom is 0.277 e. The van der Waals surface area contributed by atoms with Crippen molar-refractivity contribution >= 4 is 39.6 Å². The molecule has 5 rings (SSSR count). The molecular formula is C29H23NO2P+. The van der Waals surface area contributed by atoms with Crippen LogP contribution in [-0.2, 0) is 6.16 Å². The molecule has 0 saturated carbocycles. The molecule has 0 aliphatic heterocycles. The molecule has 0 N–H and O–H groups in total. The standard InChI is InChI=1S/C29H23NO2P/c31-30(32)29-21-20-23(27-18-10-11-19-28(27)29)22-33(24-12-4-1-5-13-24,25-14-6-2-7-15-25)26-16-8-3-9-17-26/h1-21H,22H2/q+1. The van der Waals surface area contributed by atoms with Crippen molar-refractivity contribution in [2.75, 3.05) is 0 Å². The van der Waals surface area contributed by atoms with E-state index in [2.05, 4.69) is 91.0 Å². The smallest absolute Gasteiger partial charge is 0.258 e. The Labute approximate surface area is 193 Å². The summed E-state index contributed by atoms with van der Waals surface area (Å²) in [4.78, 5) is 11.4. The fourth-order valence-electron chi connectivity index (χ4n) is 4.67. The van der Waals surface area contributed by atoms with Gasteiger partial charge >= 0.3 is 0 Å². The van der Waals surface area contributed by atoms with Gasteiger partial charge in [-0.2, -0.15) is 0 Å². The molecule has 4 heteroatoms. The lowest BCUT2D eigenvalue weighted by Crippen LogP contribution is -2.32. The highest BCUT2D eigenvalue weighted by molar-refractivity contribution is 7.95. The molecule has 0 heterocycles. The first kappa shape index (κ1) is 21.1. The van der Waals surface area contributed by atoms with E-state index in [0.29, 0.717) is 5.39 Å². The van der Waals surface area contributed by atoms with Crippen LogP contribution in [0.15, 0.2) is 127 Å². The van der Waals surface area contributed by atoms with Gasteiger partial charge < -0.3 is 0 Å². The minimum atomic E-state index is -2.09. The summed E-state index contributed by atoms with van der Waals surface area (Å²) in [5.74, 6) is 0. The lowest BCUT2D eigenvalue weighted by molar-refractivity contribution is -0.383. The fourth-order valence-corrected chi connectivity index (χ4v) is 8.94. The number of fused-ring (bicyclic) bond motifs is 1. The van der Waals surface area contributed by atoms with Gasteiger partial charge in [-0.1, -0.05) is 72.8 Å². The molecule has 0 saturated heterocycles. The van der Waals surface area contributed by atoms with E-state index in [0.717, 1.165) is 17.1 Å². The Morgan fingerprint density at radius 3 is 1.42 bits per heavy atom. The third-order valence-electron chi connectivity index (χ3n) is 6.19. The van der Waals surface area contributed by atoms with E-state index in [-0.39, 0.29) is 10.6 Å². The van der Waals surface area contributed by atoms with Crippen LogP contribution in [0.5, 0.6) is 0 Å². The number of hydrogen-bond acceptors (Lipinski definition) is 2. The van der Waals surface area contributed by atoms with E-state index in [1.165, 1.54) is 15.9 Å². The van der Waals surface area contributed by atoms with E-state index in [1.54, 1.807) is 6.07 Å². The highest BCUT2D eigenvalue weighted by atomic mass is 31.2. The Balaban J connectivity index is 1.82. The molecule has 3 nitrogen and oxygen atoms in total. The maximum atomic E-state index is 11.7. The van der Waals surface area contributed by atoms with Crippen molar-refractivity contribution < 1.29 is 4.92 Å². The first-order valence-electron chi connectivity index (χ1n) is 10.9. The first-order valence-corrected chi connectivity index (χ1v) is 12.9. The second-order valence-corrected chi connectivity index (χ2v) is 11.5. The summed E-state index contributed by atoms with van der Waals surface area (Å²) in [5.41, 5.74) is 1.28. The predicted octanol–water partition coefficient (Wildman–Crippen LogP) is 6.24. The Morgan fingerprint density at radius 2 is 0.970 bits per heavy atom. The third kappa shape index (κ3) is 3.82. The maximum absolute atomic E-state index is 11.7. The summed E-state index contributed by atoms with van der Waals surface area (Å²) in [6.45, 7) is 0. The van der Waals surface area contributed by atoms with Crippen molar-refractivity contribution in [1.29, 1.82) is 0 Å². The molecule has 5 aromatic rings. The molecule has 0 fully saturated rings. The van der Waals surface area contributed by atoms with Gasteiger partial charge in [0.15, 0.2) is 0 Å². The van der Waals surface area contributed by atoms with Crippen molar-refractivity contribution in [3.05, 3.63) is 143 Å². The number of nitrogens with zero attached hydrogens (tertiary/aromatic N) is 1. The second-order valence-electron chi connectivity index (χ2n) is 8.02. The zero-order chi connectivity index (χ0) is 22.7. The van der Waals surface area contributed by atoms with Gasteiger partial charge in [0.1, 0.15) is 23.2 Å². The van der Waals surface area contributed by atoms with E-state index in [1.807, 2.05) is 30.3 Å². The Kier molecular flexibility index (Phi) is 5.73. The van der Waals surface area contributed by atoms with Crippen LogP contribution in [0.2, 0.25) is 0 Å². The van der Waals surface area contributed by atoms with Gasteiger partial charge in [0.05, 0.1) is 16.5 Å². The molecule has 0 amide bonds. The summed E-state index contributed by atoms with van der Waals surface area (Å²) in [5, 5.41) is 17.2. The normalized spacial score (nSPS) is 11.4. The topological polar surface area (TPSA) is 43.1 Å². The molecule has 5 aromatic carbocycles. The lowest BCUT2D eigenvalue weighted by Gasteiger charge is -2.28. The van der Waals surface area contributed by atoms with Crippen LogP contribution in [0.3, 0.4) is 0 Å². The lowest BCUT2D eigenvalue weighted by atomic mass is 10.0. The first-order chi connectivity index (χ1) is 16.2. The minimum Gasteiger partial charge on any atom is -0.258 e. The molecule has 0 atom stereocenters. The van der Waals surface area contributed by atoms with Crippen LogP contribution in [0, 0.1) is 10.1 Å². The molecule has 0 aromatic heterocycles. The molecule has 0 radical (unpaired) electrons. The highest BCUT2D eigenvalue weighted by Crippen LogP contribution is 2.58. The number of rotatable bonds is 6. The van der Waals surface area contributed by atoms with Gasteiger partial charge in [0.2, 0.25) is 0 Å². The second kappa shape index (κ2) is 8.97. The molecule has 0 spiro atoms. The number of hydrogen-bond donors (Lipinski definition) is 0. The number of nitro benzene ring substituents is 1. The van der Waals surface area contributed by atoms with Crippen LogP contribution in [0.25, 0.3) is 10.8 Å². The summed E-state index contributed by atoms with van der Waals surface area (Å²) >= 11 is 0. The minimum absolute atomic E-state index is 0.150. The van der Waals surface area contributed by atoms with Gasteiger partial charge in [-0.25, -0.2) is 0 Å². The van der Waals surface area contributed by atoms with Crippen molar-refractivity contribution in [3.63, 3.8) is 0 Å². The number of non-ortho nitro benzene ring substituents is 1.